The van der Waals surface area contributed by atoms with E-state index >= 15 is 0 Å². The zero-order valence-corrected chi connectivity index (χ0v) is 19.6. The Morgan fingerprint density at radius 1 is 1.12 bits per heavy atom. The number of nitrogens with one attached hydrogen (secondary N) is 1. The summed E-state index contributed by atoms with van der Waals surface area (Å²) in [5.41, 5.74) is 11.4. The Kier molecular flexibility index (Phi) is 6.94. The maximum absolute atomic E-state index is 14.0. The van der Waals surface area contributed by atoms with Crippen molar-refractivity contribution in [3.05, 3.63) is 70.1 Å². The zero-order valence-electron chi connectivity index (χ0n) is 18.0. The second kappa shape index (κ2) is 9.74. The number of halogens is 2. The summed E-state index contributed by atoms with van der Waals surface area (Å²) in [7, 11) is -3.68. The minimum atomic E-state index is -3.68. The van der Waals surface area contributed by atoms with Gasteiger partial charge >= 0.3 is 0 Å². The zero-order chi connectivity index (χ0) is 24.5. The summed E-state index contributed by atoms with van der Waals surface area (Å²) < 4.78 is 55.6. The number of nitrogens with two attached hydrogens (primary N) is 2. The Morgan fingerprint density at radius 3 is 2.41 bits per heavy atom. The van der Waals surface area contributed by atoms with Crippen molar-refractivity contribution in [2.75, 3.05) is 24.1 Å². The first-order valence-electron chi connectivity index (χ1n) is 10.5. The van der Waals surface area contributed by atoms with Crippen molar-refractivity contribution in [1.82, 2.24) is 9.29 Å². The second-order valence-corrected chi connectivity index (χ2v) is 10.7. The Bertz CT molecular complexity index is 1300. The third-order valence-electron chi connectivity index (χ3n) is 5.64. The Hall–Kier alpha value is -2.93. The van der Waals surface area contributed by atoms with Crippen LogP contribution in [0.5, 0.6) is 0 Å². The number of thiazole rings is 1. The van der Waals surface area contributed by atoms with E-state index in [-0.39, 0.29) is 41.3 Å². The fraction of sp³-hybridized carbons (Fsp3) is 0.273. The van der Waals surface area contributed by atoms with E-state index in [1.54, 1.807) is 24.3 Å². The molecule has 0 radical (unpaired) electrons. The van der Waals surface area contributed by atoms with Crippen molar-refractivity contribution in [3.63, 3.8) is 0 Å². The summed E-state index contributed by atoms with van der Waals surface area (Å²) in [5, 5.41) is 3.48. The number of carbonyl (C=O) groups is 1. The predicted octanol–water partition coefficient (Wildman–Crippen LogP) is 2.96. The molecule has 1 saturated heterocycles. The van der Waals surface area contributed by atoms with Crippen LogP contribution in [0, 0.1) is 11.6 Å². The van der Waals surface area contributed by atoms with Crippen LogP contribution in [0.25, 0.3) is 0 Å². The lowest BCUT2D eigenvalue weighted by Crippen LogP contribution is -2.42. The van der Waals surface area contributed by atoms with Crippen molar-refractivity contribution in [3.8, 4) is 0 Å². The molecule has 1 aromatic heterocycles. The van der Waals surface area contributed by atoms with Gasteiger partial charge in [0.1, 0.15) is 22.3 Å². The molecule has 180 valence electrons. The van der Waals surface area contributed by atoms with Crippen LogP contribution in [0.2, 0.25) is 0 Å². The van der Waals surface area contributed by atoms with Crippen LogP contribution in [-0.2, 0) is 16.6 Å². The molecule has 0 amide bonds. The third kappa shape index (κ3) is 4.67. The lowest BCUT2D eigenvalue weighted by Gasteiger charge is -2.32. The number of sulfonamides is 1. The standard InChI is InChI=1S/C22H23F2N5O3S2/c23-15-5-3-6-16(24)18(15)19(30)20-21(26)28-22(33-20)27-14-8-10-29(11-9-14)34(31,32)17-7-2-1-4-13(17)12-25/h1-7,14H,8-12,25-26H2,(H,27,28). The number of rotatable bonds is 7. The molecule has 0 spiro atoms. The molecule has 5 N–H and O–H groups in total. The number of nitrogen functional groups attached to an aromatic ring is 1. The smallest absolute Gasteiger partial charge is 0.243 e. The van der Waals surface area contributed by atoms with Gasteiger partial charge in [0.25, 0.3) is 0 Å². The Balaban J connectivity index is 1.44. The van der Waals surface area contributed by atoms with E-state index in [9.17, 15) is 22.0 Å². The molecule has 0 aliphatic carbocycles. The average molecular weight is 508 g/mol. The molecule has 2 aromatic carbocycles. The molecule has 3 aromatic rings. The third-order valence-corrected chi connectivity index (χ3v) is 8.64. The molecule has 0 bridgehead atoms. The van der Waals surface area contributed by atoms with Gasteiger partial charge in [0, 0.05) is 25.7 Å². The average Bonchev–Trinajstić information content (AvgIpc) is 3.19. The summed E-state index contributed by atoms with van der Waals surface area (Å²) in [4.78, 5) is 16.9. The fourth-order valence-corrected chi connectivity index (χ4v) is 6.47. The predicted molar refractivity (Wildman–Crippen MR) is 126 cm³/mol. The number of piperidine rings is 1. The first kappa shape index (κ1) is 24.2. The van der Waals surface area contributed by atoms with Crippen LogP contribution in [-0.4, -0.2) is 42.6 Å². The van der Waals surface area contributed by atoms with Crippen molar-refractivity contribution in [2.24, 2.45) is 5.73 Å². The van der Waals surface area contributed by atoms with Crippen molar-refractivity contribution in [2.45, 2.75) is 30.3 Å². The molecule has 4 rings (SSSR count). The molecule has 8 nitrogen and oxygen atoms in total. The van der Waals surface area contributed by atoms with E-state index in [4.69, 9.17) is 11.5 Å². The largest absolute Gasteiger partial charge is 0.382 e. The molecular weight excluding hydrogens is 484 g/mol. The van der Waals surface area contributed by atoms with Gasteiger partial charge < -0.3 is 16.8 Å². The van der Waals surface area contributed by atoms with Gasteiger partial charge in [-0.3, -0.25) is 4.79 Å². The Morgan fingerprint density at radius 2 is 1.76 bits per heavy atom. The summed E-state index contributed by atoms with van der Waals surface area (Å²) in [6, 6.07) is 9.72. The SMILES string of the molecule is NCc1ccccc1S(=O)(=O)N1CCC(Nc2nc(N)c(C(=O)c3c(F)cccc3F)s2)CC1. The minimum Gasteiger partial charge on any atom is -0.382 e. The highest BCUT2D eigenvalue weighted by Crippen LogP contribution is 2.31. The number of anilines is 2. The van der Waals surface area contributed by atoms with Crippen molar-refractivity contribution in [1.29, 1.82) is 0 Å². The lowest BCUT2D eigenvalue weighted by atomic mass is 10.1. The van der Waals surface area contributed by atoms with E-state index in [0.717, 1.165) is 23.5 Å². The van der Waals surface area contributed by atoms with E-state index in [1.807, 2.05) is 0 Å². The molecule has 0 saturated carbocycles. The number of hydrogen-bond acceptors (Lipinski definition) is 8. The highest BCUT2D eigenvalue weighted by molar-refractivity contribution is 7.89. The molecule has 2 heterocycles. The summed E-state index contributed by atoms with van der Waals surface area (Å²) in [5.74, 6) is -2.95. The molecule has 0 atom stereocenters. The van der Waals surface area contributed by atoms with E-state index in [1.165, 1.54) is 10.4 Å². The normalized spacial score (nSPS) is 15.4. The highest BCUT2D eigenvalue weighted by Gasteiger charge is 2.31. The van der Waals surface area contributed by atoms with Gasteiger partial charge in [-0.2, -0.15) is 4.31 Å². The summed E-state index contributed by atoms with van der Waals surface area (Å²) in [6.45, 7) is 0.689. The molecular formula is C22H23F2N5O3S2. The molecule has 12 heteroatoms. The lowest BCUT2D eigenvalue weighted by molar-refractivity contribution is 0.103. The van der Waals surface area contributed by atoms with Crippen LogP contribution in [0.4, 0.5) is 19.7 Å². The molecule has 1 aliphatic rings. The van der Waals surface area contributed by atoms with Gasteiger partial charge in [-0.05, 0) is 36.6 Å². The first-order valence-corrected chi connectivity index (χ1v) is 12.8. The second-order valence-electron chi connectivity index (χ2n) is 7.79. The highest BCUT2D eigenvalue weighted by atomic mass is 32.2. The van der Waals surface area contributed by atoms with Gasteiger partial charge in [-0.25, -0.2) is 22.2 Å². The van der Waals surface area contributed by atoms with E-state index in [0.29, 0.717) is 23.5 Å². The van der Waals surface area contributed by atoms with Gasteiger partial charge in [0.15, 0.2) is 5.13 Å². The van der Waals surface area contributed by atoms with Gasteiger partial charge in [-0.15, -0.1) is 0 Å². The van der Waals surface area contributed by atoms with Crippen molar-refractivity contribution < 1.29 is 22.0 Å². The van der Waals surface area contributed by atoms with Crippen LogP contribution >= 0.6 is 11.3 Å². The maximum atomic E-state index is 14.0. The van der Waals surface area contributed by atoms with Crippen LogP contribution in [0.1, 0.15) is 33.6 Å². The molecule has 0 unspecified atom stereocenters. The molecule has 1 fully saturated rings. The van der Waals surface area contributed by atoms with Gasteiger partial charge in [-0.1, -0.05) is 35.6 Å². The van der Waals surface area contributed by atoms with Gasteiger partial charge in [0.2, 0.25) is 15.8 Å². The number of ketones is 1. The van der Waals surface area contributed by atoms with E-state index in [2.05, 4.69) is 10.3 Å². The Labute approximate surface area is 199 Å². The van der Waals surface area contributed by atoms with Crippen LogP contribution in [0.3, 0.4) is 0 Å². The monoisotopic (exact) mass is 507 g/mol. The number of benzene rings is 2. The van der Waals surface area contributed by atoms with Crippen LogP contribution in [0.15, 0.2) is 47.4 Å². The summed E-state index contributed by atoms with van der Waals surface area (Å²) in [6.07, 6.45) is 0.990. The van der Waals surface area contributed by atoms with Gasteiger partial charge in [0.05, 0.1) is 10.5 Å². The number of hydrogen-bond donors (Lipinski definition) is 3. The number of aromatic nitrogens is 1. The van der Waals surface area contributed by atoms with Crippen molar-refractivity contribution >= 4 is 38.1 Å². The summed E-state index contributed by atoms with van der Waals surface area (Å²) >= 11 is 0.906. The first-order chi connectivity index (χ1) is 16.2. The van der Waals surface area contributed by atoms with E-state index < -0.39 is 33.0 Å². The quantitative estimate of drug-likeness (QED) is 0.419. The maximum Gasteiger partial charge on any atom is 0.243 e. The number of nitrogens with zero attached hydrogens (tertiary/aromatic N) is 2. The number of carbonyl (C=O) groups excluding carboxylic acids is 1. The molecule has 1 aliphatic heterocycles. The van der Waals surface area contributed by atoms with Crippen LogP contribution < -0.4 is 16.8 Å². The topological polar surface area (TPSA) is 131 Å². The fourth-order valence-electron chi connectivity index (χ4n) is 3.86. The minimum absolute atomic E-state index is 0.0649. The molecule has 34 heavy (non-hydrogen) atoms.